The number of halogens is 1. The predicted molar refractivity (Wildman–Crippen MR) is 101 cm³/mol. The van der Waals surface area contributed by atoms with E-state index in [0.29, 0.717) is 29.2 Å². The SMILES string of the molecule is O=C1NC(=O)C(CC2=CC=C(OCC(=O)c3ccc(Cl)cc3)C=CC2)S1. The number of ketones is 1. The number of carbonyl (C=O) groups excluding carboxylic acids is 3. The van der Waals surface area contributed by atoms with Crippen LogP contribution in [0.5, 0.6) is 0 Å². The first kappa shape index (κ1) is 18.5. The third-order valence-electron chi connectivity index (χ3n) is 3.90. The number of allylic oxidation sites excluding steroid dienone is 5. The molecule has 1 aliphatic carbocycles. The van der Waals surface area contributed by atoms with Crippen LogP contribution in [-0.2, 0) is 9.53 Å². The summed E-state index contributed by atoms with van der Waals surface area (Å²) >= 11 is 6.83. The Kier molecular flexibility index (Phi) is 5.96. The summed E-state index contributed by atoms with van der Waals surface area (Å²) in [5.41, 5.74) is 1.56. The predicted octanol–water partition coefficient (Wildman–Crippen LogP) is 4.05. The molecule has 7 heteroatoms. The molecule has 1 aromatic rings. The molecule has 134 valence electrons. The van der Waals surface area contributed by atoms with E-state index < -0.39 is 0 Å². The van der Waals surface area contributed by atoms with Crippen molar-refractivity contribution < 1.29 is 19.1 Å². The molecule has 0 aromatic heterocycles. The molecule has 1 fully saturated rings. The maximum atomic E-state index is 12.1. The van der Waals surface area contributed by atoms with Crippen LogP contribution in [0.15, 0.2) is 59.9 Å². The average molecular weight is 390 g/mol. The highest BCUT2D eigenvalue weighted by Gasteiger charge is 2.31. The minimum absolute atomic E-state index is 0.0731. The van der Waals surface area contributed by atoms with Crippen molar-refractivity contribution in [1.82, 2.24) is 5.32 Å². The monoisotopic (exact) mass is 389 g/mol. The highest BCUT2D eigenvalue weighted by molar-refractivity contribution is 8.15. The second-order valence-electron chi connectivity index (χ2n) is 5.81. The van der Waals surface area contributed by atoms with Crippen molar-refractivity contribution in [3.63, 3.8) is 0 Å². The van der Waals surface area contributed by atoms with Gasteiger partial charge in [-0.3, -0.25) is 19.7 Å². The number of Topliss-reactive ketones (excluding diaryl/α,β-unsaturated/α-hetero) is 1. The zero-order chi connectivity index (χ0) is 18.5. The van der Waals surface area contributed by atoms with Crippen LogP contribution in [-0.4, -0.2) is 28.8 Å². The standard InChI is InChI=1S/C19H16ClNO4S/c20-14-7-5-13(6-8-14)16(22)11-25-15-3-1-2-12(4-9-15)10-17-18(23)21-19(24)26-17/h1,3-9,17H,2,10-11H2,(H,21,23,24). The van der Waals surface area contributed by atoms with Gasteiger partial charge in [-0.1, -0.05) is 41.1 Å². The molecule has 1 unspecified atom stereocenters. The summed E-state index contributed by atoms with van der Waals surface area (Å²) in [5, 5.41) is 2.18. The van der Waals surface area contributed by atoms with Crippen LogP contribution in [0.1, 0.15) is 23.2 Å². The molecule has 2 amide bonds. The number of ether oxygens (including phenoxy) is 1. The normalized spacial score (nSPS) is 19.5. The maximum Gasteiger partial charge on any atom is 0.286 e. The zero-order valence-electron chi connectivity index (χ0n) is 13.7. The second kappa shape index (κ2) is 8.38. The van der Waals surface area contributed by atoms with Gasteiger partial charge in [-0.25, -0.2) is 0 Å². The first-order valence-electron chi connectivity index (χ1n) is 8.00. The molecule has 1 atom stereocenters. The molecule has 0 spiro atoms. The minimum Gasteiger partial charge on any atom is -0.485 e. The Bertz CT molecular complexity index is 826. The third kappa shape index (κ3) is 4.86. The van der Waals surface area contributed by atoms with Crippen molar-refractivity contribution in [1.29, 1.82) is 0 Å². The molecule has 0 radical (unpaired) electrons. The quantitative estimate of drug-likeness (QED) is 0.743. The molecule has 1 aliphatic heterocycles. The Morgan fingerprint density at radius 3 is 2.69 bits per heavy atom. The van der Waals surface area contributed by atoms with Crippen LogP contribution < -0.4 is 5.32 Å². The fourth-order valence-electron chi connectivity index (χ4n) is 2.53. The van der Waals surface area contributed by atoms with E-state index in [-0.39, 0.29) is 28.8 Å². The lowest BCUT2D eigenvalue weighted by Gasteiger charge is -2.06. The number of rotatable bonds is 6. The van der Waals surface area contributed by atoms with Gasteiger partial charge in [0.05, 0.1) is 5.25 Å². The van der Waals surface area contributed by atoms with Gasteiger partial charge in [0, 0.05) is 10.6 Å². The van der Waals surface area contributed by atoms with E-state index in [1.807, 2.05) is 12.2 Å². The highest BCUT2D eigenvalue weighted by atomic mass is 35.5. The topological polar surface area (TPSA) is 72.5 Å². The summed E-state index contributed by atoms with van der Waals surface area (Å²) in [4.78, 5) is 35.0. The first-order chi connectivity index (χ1) is 12.5. The van der Waals surface area contributed by atoms with E-state index in [0.717, 1.165) is 17.3 Å². The summed E-state index contributed by atoms with van der Waals surface area (Å²) in [6.45, 7) is -0.0731. The van der Waals surface area contributed by atoms with Gasteiger partial charge in [0.2, 0.25) is 5.91 Å². The van der Waals surface area contributed by atoms with Crippen LogP contribution in [0, 0.1) is 0 Å². The lowest BCUT2D eigenvalue weighted by atomic mass is 10.1. The van der Waals surface area contributed by atoms with Crippen molar-refractivity contribution in [2.24, 2.45) is 0 Å². The van der Waals surface area contributed by atoms with Gasteiger partial charge in [-0.05, 0) is 49.3 Å². The molecule has 1 N–H and O–H groups in total. The van der Waals surface area contributed by atoms with E-state index >= 15 is 0 Å². The van der Waals surface area contributed by atoms with E-state index in [9.17, 15) is 14.4 Å². The van der Waals surface area contributed by atoms with Gasteiger partial charge in [-0.2, -0.15) is 0 Å². The Hall–Kier alpha value is -2.31. The highest BCUT2D eigenvalue weighted by Crippen LogP contribution is 2.27. The summed E-state index contributed by atoms with van der Waals surface area (Å²) in [6.07, 6.45) is 8.52. The number of imide groups is 1. The number of thioether (sulfide) groups is 1. The first-order valence-corrected chi connectivity index (χ1v) is 9.26. The average Bonchev–Trinajstić information content (AvgIpc) is 2.81. The van der Waals surface area contributed by atoms with Crippen molar-refractivity contribution >= 4 is 40.3 Å². The summed E-state index contributed by atoms with van der Waals surface area (Å²) in [5.74, 6) is 0.187. The Labute approximate surface area is 160 Å². The van der Waals surface area contributed by atoms with Gasteiger partial charge in [0.15, 0.2) is 12.4 Å². The number of benzene rings is 1. The lowest BCUT2D eigenvalue weighted by Crippen LogP contribution is -2.24. The number of amides is 2. The largest absolute Gasteiger partial charge is 0.485 e. The molecule has 0 bridgehead atoms. The van der Waals surface area contributed by atoms with Crippen molar-refractivity contribution in [3.05, 3.63) is 70.5 Å². The Balaban J connectivity index is 1.57. The molecular formula is C19H16ClNO4S. The Morgan fingerprint density at radius 1 is 1.23 bits per heavy atom. The minimum atomic E-state index is -0.385. The number of hydrogen-bond donors (Lipinski definition) is 1. The molecular weight excluding hydrogens is 374 g/mol. The van der Waals surface area contributed by atoms with Gasteiger partial charge < -0.3 is 4.74 Å². The fourth-order valence-corrected chi connectivity index (χ4v) is 3.54. The smallest absolute Gasteiger partial charge is 0.286 e. The van der Waals surface area contributed by atoms with E-state index in [2.05, 4.69) is 5.32 Å². The van der Waals surface area contributed by atoms with Gasteiger partial charge in [0.1, 0.15) is 5.76 Å². The van der Waals surface area contributed by atoms with Gasteiger partial charge >= 0.3 is 0 Å². The molecule has 1 aromatic carbocycles. The molecule has 2 aliphatic rings. The summed E-state index contributed by atoms with van der Waals surface area (Å²) in [7, 11) is 0. The van der Waals surface area contributed by atoms with Crippen molar-refractivity contribution in [2.45, 2.75) is 18.1 Å². The lowest BCUT2D eigenvalue weighted by molar-refractivity contribution is -0.118. The molecule has 3 rings (SSSR count). The molecule has 0 saturated carbocycles. The molecule has 26 heavy (non-hydrogen) atoms. The van der Waals surface area contributed by atoms with Crippen LogP contribution in [0.25, 0.3) is 0 Å². The number of nitrogens with one attached hydrogen (secondary N) is 1. The van der Waals surface area contributed by atoms with Gasteiger partial charge in [0.25, 0.3) is 5.24 Å². The van der Waals surface area contributed by atoms with Crippen LogP contribution in [0.4, 0.5) is 4.79 Å². The number of carbonyl (C=O) groups is 3. The van der Waals surface area contributed by atoms with Crippen molar-refractivity contribution in [2.75, 3.05) is 6.61 Å². The number of hydrogen-bond acceptors (Lipinski definition) is 5. The van der Waals surface area contributed by atoms with Crippen LogP contribution in [0.3, 0.4) is 0 Å². The molecule has 1 saturated heterocycles. The zero-order valence-corrected chi connectivity index (χ0v) is 15.3. The van der Waals surface area contributed by atoms with Crippen LogP contribution >= 0.6 is 23.4 Å². The fraction of sp³-hybridized carbons (Fsp3) is 0.211. The Morgan fingerprint density at radius 2 is 2.00 bits per heavy atom. The maximum absolute atomic E-state index is 12.1. The van der Waals surface area contributed by atoms with Gasteiger partial charge in [-0.15, -0.1) is 0 Å². The molecule has 1 heterocycles. The van der Waals surface area contributed by atoms with Crippen LogP contribution in [0.2, 0.25) is 5.02 Å². The van der Waals surface area contributed by atoms with Crippen molar-refractivity contribution in [3.8, 4) is 0 Å². The summed E-state index contributed by atoms with van der Waals surface area (Å²) < 4.78 is 5.57. The van der Waals surface area contributed by atoms with E-state index in [1.165, 1.54) is 0 Å². The second-order valence-corrected chi connectivity index (χ2v) is 7.42. The summed E-state index contributed by atoms with van der Waals surface area (Å²) in [6, 6.07) is 6.65. The van der Waals surface area contributed by atoms with E-state index in [1.54, 1.807) is 36.4 Å². The molecule has 5 nitrogen and oxygen atoms in total. The van der Waals surface area contributed by atoms with E-state index in [4.69, 9.17) is 16.3 Å². The third-order valence-corrected chi connectivity index (χ3v) is 5.13.